The normalized spacial score (nSPS) is 11.2. The summed E-state index contributed by atoms with van der Waals surface area (Å²) in [4.78, 5) is 23.5. The van der Waals surface area contributed by atoms with Crippen LogP contribution in [0.2, 0.25) is 0 Å². The Morgan fingerprint density at radius 3 is 2.52 bits per heavy atom. The fraction of sp³-hybridized carbons (Fsp3) is 0.300. The molecule has 0 aliphatic rings. The highest BCUT2D eigenvalue weighted by Crippen LogP contribution is 2.32. The molecule has 0 spiro atoms. The molecule has 2 N–H and O–H groups in total. The molecule has 0 atom stereocenters. The highest BCUT2D eigenvalue weighted by atomic mass is 19.3. The molecule has 0 radical (unpaired) electrons. The zero-order valence-corrected chi connectivity index (χ0v) is 17.4. The molecule has 0 bridgehead atoms. The number of ether oxygens (including phenoxy) is 1. The molecule has 3 aromatic rings. The van der Waals surface area contributed by atoms with E-state index in [-0.39, 0.29) is 17.5 Å². The van der Waals surface area contributed by atoms with Gasteiger partial charge in [0.2, 0.25) is 17.6 Å². The van der Waals surface area contributed by atoms with E-state index in [1.807, 2.05) is 6.92 Å². The number of aromatic nitrogens is 5. The molecule has 0 saturated heterocycles. The second-order valence-electron chi connectivity index (χ2n) is 6.69. The predicted molar refractivity (Wildman–Crippen MR) is 110 cm³/mol. The predicted octanol–water partition coefficient (Wildman–Crippen LogP) is 3.71. The van der Waals surface area contributed by atoms with E-state index in [4.69, 9.17) is 4.74 Å². The van der Waals surface area contributed by atoms with Crippen molar-refractivity contribution in [3.05, 3.63) is 42.0 Å². The number of carbonyl (C=O) groups is 1. The van der Waals surface area contributed by atoms with E-state index in [1.54, 1.807) is 24.3 Å². The minimum absolute atomic E-state index is 0.172. The van der Waals surface area contributed by atoms with Crippen molar-refractivity contribution in [3.63, 3.8) is 0 Å². The summed E-state index contributed by atoms with van der Waals surface area (Å²) in [7, 11) is 1.47. The Morgan fingerprint density at radius 1 is 1.16 bits per heavy atom. The van der Waals surface area contributed by atoms with Crippen LogP contribution in [0.1, 0.15) is 32.3 Å². The van der Waals surface area contributed by atoms with Crippen molar-refractivity contribution in [3.8, 4) is 17.1 Å². The number of hydrogen-bond acceptors (Lipinski definition) is 8. The molecule has 0 aromatic carbocycles. The lowest BCUT2D eigenvalue weighted by Gasteiger charge is -2.15. The molecule has 0 aliphatic carbocycles. The number of alkyl halides is 2. The van der Waals surface area contributed by atoms with E-state index in [0.717, 1.165) is 6.92 Å². The summed E-state index contributed by atoms with van der Waals surface area (Å²) >= 11 is 0. The van der Waals surface area contributed by atoms with Crippen LogP contribution in [0.15, 0.2) is 30.5 Å². The van der Waals surface area contributed by atoms with Crippen LogP contribution in [0.3, 0.4) is 0 Å². The number of nitrogens with zero attached hydrogens (tertiary/aromatic N) is 5. The number of pyridine rings is 1. The average Bonchev–Trinajstić information content (AvgIpc) is 2.73. The van der Waals surface area contributed by atoms with Gasteiger partial charge in [0.15, 0.2) is 0 Å². The van der Waals surface area contributed by atoms with Crippen molar-refractivity contribution in [2.45, 2.75) is 33.1 Å². The molecule has 0 fully saturated rings. The highest BCUT2D eigenvalue weighted by molar-refractivity contribution is 5.89. The SMILES string of the molecule is CCc1cc(Nc2cc(NC(C)=O)ncc2-c2ccc(OC)nn2)nc(C(C)(F)F)n1. The molecular weight excluding hydrogens is 408 g/mol. The fourth-order valence-corrected chi connectivity index (χ4v) is 2.66. The van der Waals surface area contributed by atoms with Crippen molar-refractivity contribution in [1.29, 1.82) is 0 Å². The van der Waals surface area contributed by atoms with Crippen molar-refractivity contribution in [2.75, 3.05) is 17.7 Å². The lowest BCUT2D eigenvalue weighted by molar-refractivity contribution is -0.114. The van der Waals surface area contributed by atoms with Gasteiger partial charge in [-0.1, -0.05) is 6.92 Å². The van der Waals surface area contributed by atoms with Gasteiger partial charge >= 0.3 is 5.92 Å². The standard InChI is InChI=1S/C20H21F2N7O2/c1-5-12-8-17(27-19(25-12)20(3,21)22)26-15-9-16(24-11(2)30)23-10-13(15)14-6-7-18(31-4)29-28-14/h6-10H,5H2,1-4H3,(H2,23,24,25,26,27,30). The smallest absolute Gasteiger partial charge is 0.303 e. The van der Waals surface area contributed by atoms with E-state index < -0.39 is 11.7 Å². The maximum Gasteiger partial charge on any atom is 0.303 e. The Labute approximate surface area is 177 Å². The topological polar surface area (TPSA) is 115 Å². The minimum Gasteiger partial charge on any atom is -0.480 e. The molecule has 31 heavy (non-hydrogen) atoms. The number of hydrogen-bond donors (Lipinski definition) is 2. The third-order valence-corrected chi connectivity index (χ3v) is 4.13. The summed E-state index contributed by atoms with van der Waals surface area (Å²) in [5.74, 6) is -3.32. The summed E-state index contributed by atoms with van der Waals surface area (Å²) in [6, 6.07) is 6.44. The Kier molecular flexibility index (Phi) is 6.33. The number of halogens is 2. The van der Waals surface area contributed by atoms with Crippen LogP contribution >= 0.6 is 0 Å². The Hall–Kier alpha value is -3.76. The monoisotopic (exact) mass is 429 g/mol. The largest absolute Gasteiger partial charge is 0.480 e. The maximum atomic E-state index is 13.9. The van der Waals surface area contributed by atoms with Crippen LogP contribution in [-0.2, 0) is 17.1 Å². The number of aryl methyl sites for hydroxylation is 1. The summed E-state index contributed by atoms with van der Waals surface area (Å²) in [5, 5.41) is 13.7. The molecule has 0 unspecified atom stereocenters. The maximum absolute atomic E-state index is 13.9. The van der Waals surface area contributed by atoms with E-state index >= 15 is 0 Å². The first kappa shape index (κ1) is 21.9. The molecule has 1 amide bonds. The first-order valence-electron chi connectivity index (χ1n) is 9.38. The highest BCUT2D eigenvalue weighted by Gasteiger charge is 2.29. The van der Waals surface area contributed by atoms with Crippen molar-refractivity contribution >= 4 is 23.2 Å². The number of carbonyl (C=O) groups excluding carboxylic acids is 1. The van der Waals surface area contributed by atoms with E-state index in [1.165, 1.54) is 20.2 Å². The van der Waals surface area contributed by atoms with Gasteiger partial charge in [0.25, 0.3) is 0 Å². The number of methoxy groups -OCH3 is 1. The first-order valence-corrected chi connectivity index (χ1v) is 9.38. The van der Waals surface area contributed by atoms with Gasteiger partial charge in [0.05, 0.1) is 18.5 Å². The van der Waals surface area contributed by atoms with Crippen LogP contribution in [0.5, 0.6) is 5.88 Å². The molecule has 0 saturated carbocycles. The van der Waals surface area contributed by atoms with Gasteiger partial charge in [-0.25, -0.2) is 15.0 Å². The number of anilines is 3. The second kappa shape index (κ2) is 8.94. The summed E-state index contributed by atoms with van der Waals surface area (Å²) in [6.45, 7) is 3.90. The molecular formula is C20H21F2N7O2. The second-order valence-corrected chi connectivity index (χ2v) is 6.69. The van der Waals surface area contributed by atoms with Crippen molar-refractivity contribution < 1.29 is 18.3 Å². The zero-order valence-electron chi connectivity index (χ0n) is 17.4. The van der Waals surface area contributed by atoms with Crippen LogP contribution < -0.4 is 15.4 Å². The molecule has 9 nitrogen and oxygen atoms in total. The number of rotatable bonds is 7. The van der Waals surface area contributed by atoms with Gasteiger partial charge in [-0.15, -0.1) is 10.2 Å². The third kappa shape index (κ3) is 5.44. The number of nitrogens with one attached hydrogen (secondary N) is 2. The van der Waals surface area contributed by atoms with Gasteiger partial charge in [0, 0.05) is 49.5 Å². The fourth-order valence-electron chi connectivity index (χ4n) is 2.66. The van der Waals surface area contributed by atoms with Gasteiger partial charge in [-0.3, -0.25) is 4.79 Å². The van der Waals surface area contributed by atoms with Gasteiger partial charge in [0.1, 0.15) is 11.6 Å². The lowest BCUT2D eigenvalue weighted by atomic mass is 10.1. The first-order chi connectivity index (χ1) is 14.7. The number of amides is 1. The zero-order chi connectivity index (χ0) is 22.6. The van der Waals surface area contributed by atoms with E-state index in [2.05, 4.69) is 35.8 Å². The summed E-state index contributed by atoms with van der Waals surface area (Å²) < 4.78 is 32.8. The quantitative estimate of drug-likeness (QED) is 0.584. The molecule has 162 valence electrons. The van der Waals surface area contributed by atoms with Gasteiger partial charge < -0.3 is 15.4 Å². The minimum atomic E-state index is -3.20. The molecule has 0 aliphatic heterocycles. The van der Waals surface area contributed by atoms with Crippen molar-refractivity contribution in [2.24, 2.45) is 0 Å². The Morgan fingerprint density at radius 2 is 1.94 bits per heavy atom. The van der Waals surface area contributed by atoms with E-state index in [9.17, 15) is 13.6 Å². The lowest BCUT2D eigenvalue weighted by Crippen LogP contribution is -2.15. The van der Waals surface area contributed by atoms with Crippen LogP contribution in [-0.4, -0.2) is 38.2 Å². The van der Waals surface area contributed by atoms with Crippen LogP contribution in [0.4, 0.5) is 26.1 Å². The van der Waals surface area contributed by atoms with Crippen LogP contribution in [0.25, 0.3) is 11.3 Å². The third-order valence-electron chi connectivity index (χ3n) is 4.13. The molecule has 3 rings (SSSR count). The molecule has 11 heteroatoms. The Bertz CT molecular complexity index is 1090. The van der Waals surface area contributed by atoms with Crippen LogP contribution in [0, 0.1) is 0 Å². The average molecular weight is 429 g/mol. The van der Waals surface area contributed by atoms with E-state index in [0.29, 0.717) is 34.9 Å². The summed E-state index contributed by atoms with van der Waals surface area (Å²) in [5.41, 5.74) is 1.86. The van der Waals surface area contributed by atoms with Gasteiger partial charge in [-0.05, 0) is 12.5 Å². The molecule has 3 heterocycles. The Balaban J connectivity index is 2.08. The molecule has 3 aromatic heterocycles. The van der Waals surface area contributed by atoms with Crippen molar-refractivity contribution in [1.82, 2.24) is 25.1 Å². The summed E-state index contributed by atoms with van der Waals surface area (Å²) in [6.07, 6.45) is 1.94. The van der Waals surface area contributed by atoms with Gasteiger partial charge in [-0.2, -0.15) is 8.78 Å².